The van der Waals surface area contributed by atoms with Crippen molar-refractivity contribution in [2.75, 3.05) is 20.2 Å². The fraction of sp³-hybridized carbons (Fsp3) is 0.355. The van der Waals surface area contributed by atoms with Gasteiger partial charge >= 0.3 is 12.1 Å². The van der Waals surface area contributed by atoms with E-state index in [1.165, 1.54) is 7.11 Å². The first kappa shape index (κ1) is 26.9. The zero-order valence-electron chi connectivity index (χ0n) is 21.8. The van der Waals surface area contributed by atoms with Crippen molar-refractivity contribution in [3.05, 3.63) is 94.5 Å². The molecular formula is C31H31F3N2O3. The van der Waals surface area contributed by atoms with Gasteiger partial charge in [0.05, 0.1) is 19.1 Å². The highest BCUT2D eigenvalue weighted by atomic mass is 19.4. The van der Waals surface area contributed by atoms with Gasteiger partial charge in [0.1, 0.15) is 0 Å². The van der Waals surface area contributed by atoms with E-state index in [1.807, 2.05) is 53.4 Å². The van der Waals surface area contributed by atoms with Gasteiger partial charge in [-0.3, -0.25) is 9.69 Å². The van der Waals surface area contributed by atoms with Crippen molar-refractivity contribution in [2.45, 2.75) is 44.4 Å². The molecule has 0 saturated heterocycles. The number of fused-ring (bicyclic) bond motifs is 1. The number of nitrogens with zero attached hydrogens (tertiary/aromatic N) is 1. The summed E-state index contributed by atoms with van der Waals surface area (Å²) < 4.78 is 43.7. The molecule has 0 spiro atoms. The molecule has 1 amide bonds. The molecule has 0 bridgehead atoms. The summed E-state index contributed by atoms with van der Waals surface area (Å²) in [5.74, 6) is -0.274. The maximum Gasteiger partial charge on any atom is 0.390 e. The molecule has 2 atom stereocenters. The van der Waals surface area contributed by atoms with Crippen LogP contribution in [0.3, 0.4) is 0 Å². The minimum Gasteiger partial charge on any atom is -0.465 e. The number of methoxy groups -OCH3 is 1. The first-order valence-electron chi connectivity index (χ1n) is 13.2. The lowest BCUT2D eigenvalue weighted by atomic mass is 9.87. The normalized spacial score (nSPS) is 18.8. The number of halogens is 3. The van der Waals surface area contributed by atoms with Crippen LogP contribution in [0.4, 0.5) is 13.2 Å². The predicted octanol–water partition coefficient (Wildman–Crippen LogP) is 5.87. The zero-order valence-corrected chi connectivity index (χ0v) is 21.8. The van der Waals surface area contributed by atoms with Gasteiger partial charge in [0, 0.05) is 32.1 Å². The number of amides is 1. The van der Waals surface area contributed by atoms with Crippen molar-refractivity contribution in [2.24, 2.45) is 5.92 Å². The van der Waals surface area contributed by atoms with Gasteiger partial charge in [-0.2, -0.15) is 13.2 Å². The van der Waals surface area contributed by atoms with E-state index >= 15 is 0 Å². The highest BCUT2D eigenvalue weighted by molar-refractivity contribution is 5.91. The van der Waals surface area contributed by atoms with Gasteiger partial charge in [-0.15, -0.1) is 0 Å². The molecule has 0 radical (unpaired) electrons. The number of benzene rings is 3. The highest BCUT2D eigenvalue weighted by Gasteiger charge is 2.43. The van der Waals surface area contributed by atoms with Crippen molar-refractivity contribution in [3.8, 4) is 11.1 Å². The van der Waals surface area contributed by atoms with Crippen molar-refractivity contribution < 1.29 is 27.5 Å². The summed E-state index contributed by atoms with van der Waals surface area (Å²) >= 11 is 0. The minimum absolute atomic E-state index is 0.00260. The predicted molar refractivity (Wildman–Crippen MR) is 142 cm³/mol. The standard InChI is InChI=1S/C31H31F3N2O3/c1-39-30(38)22-9-5-8-21(16-22)24-11-10-23(28-19-36(14-12-25(24)28)15-13-31(32,33)34)18-35-29(37)27-17-26(27)20-6-3-2-4-7-20/h2-11,16,26-27H,12-15,17-19H2,1H3,(H,35,37). The smallest absolute Gasteiger partial charge is 0.390 e. The number of esters is 1. The molecule has 3 aromatic rings. The summed E-state index contributed by atoms with van der Waals surface area (Å²) in [6.45, 7) is 1.12. The summed E-state index contributed by atoms with van der Waals surface area (Å²) in [7, 11) is 1.33. The van der Waals surface area contributed by atoms with Crippen molar-refractivity contribution in [1.29, 1.82) is 0 Å². The van der Waals surface area contributed by atoms with E-state index < -0.39 is 18.6 Å². The molecule has 1 fully saturated rings. The third-order valence-electron chi connectivity index (χ3n) is 7.70. The van der Waals surface area contributed by atoms with Gasteiger partial charge in [0.2, 0.25) is 5.91 Å². The second-order valence-corrected chi connectivity index (χ2v) is 10.3. The maximum atomic E-state index is 12.9. The van der Waals surface area contributed by atoms with Gasteiger partial charge in [0.25, 0.3) is 0 Å². The van der Waals surface area contributed by atoms with E-state index in [-0.39, 0.29) is 24.3 Å². The summed E-state index contributed by atoms with van der Waals surface area (Å²) in [5.41, 5.74) is 6.26. The number of carbonyl (C=O) groups is 2. The van der Waals surface area contributed by atoms with E-state index in [4.69, 9.17) is 4.74 Å². The molecule has 204 valence electrons. The molecule has 39 heavy (non-hydrogen) atoms. The van der Waals surface area contributed by atoms with Gasteiger partial charge in [-0.1, -0.05) is 54.6 Å². The van der Waals surface area contributed by atoms with Crippen LogP contribution in [-0.4, -0.2) is 43.2 Å². The number of carbonyl (C=O) groups excluding carboxylic acids is 2. The minimum atomic E-state index is -4.22. The molecule has 1 saturated carbocycles. The Kier molecular flexibility index (Phi) is 7.75. The summed E-state index contributed by atoms with van der Waals surface area (Å²) in [5, 5.41) is 3.07. The molecule has 5 rings (SSSR count). The molecule has 2 unspecified atom stereocenters. The monoisotopic (exact) mass is 536 g/mol. The third-order valence-corrected chi connectivity index (χ3v) is 7.70. The molecule has 2 aliphatic rings. The number of hydrogen-bond acceptors (Lipinski definition) is 4. The lowest BCUT2D eigenvalue weighted by Crippen LogP contribution is -2.35. The Balaban J connectivity index is 1.38. The van der Waals surface area contributed by atoms with Crippen molar-refractivity contribution >= 4 is 11.9 Å². The Morgan fingerprint density at radius 3 is 2.56 bits per heavy atom. The fourth-order valence-electron chi connectivity index (χ4n) is 5.51. The molecule has 1 N–H and O–H groups in total. The molecule has 0 aromatic heterocycles. The molecule has 1 heterocycles. The van der Waals surface area contributed by atoms with Crippen LogP contribution in [0, 0.1) is 5.92 Å². The second kappa shape index (κ2) is 11.2. The van der Waals surface area contributed by atoms with Crippen molar-refractivity contribution in [1.82, 2.24) is 10.2 Å². The number of alkyl halides is 3. The molecule has 8 heteroatoms. The fourth-order valence-corrected chi connectivity index (χ4v) is 5.51. The highest BCUT2D eigenvalue weighted by Crippen LogP contribution is 2.47. The molecule has 1 aliphatic carbocycles. The molecule has 5 nitrogen and oxygen atoms in total. The third kappa shape index (κ3) is 6.33. The topological polar surface area (TPSA) is 58.6 Å². The van der Waals surface area contributed by atoms with E-state index in [0.717, 1.165) is 39.8 Å². The van der Waals surface area contributed by atoms with E-state index in [2.05, 4.69) is 5.32 Å². The molecule has 1 aliphatic heterocycles. The van der Waals surface area contributed by atoms with Crippen LogP contribution in [0.2, 0.25) is 0 Å². The largest absolute Gasteiger partial charge is 0.465 e. The van der Waals surface area contributed by atoms with E-state index in [0.29, 0.717) is 31.6 Å². The Hall–Kier alpha value is -3.65. The van der Waals surface area contributed by atoms with Gasteiger partial charge in [0.15, 0.2) is 0 Å². The lowest BCUT2D eigenvalue weighted by Gasteiger charge is -2.32. The Morgan fingerprint density at radius 1 is 1.03 bits per heavy atom. The van der Waals surface area contributed by atoms with Crippen LogP contribution < -0.4 is 5.32 Å². The first-order valence-corrected chi connectivity index (χ1v) is 13.2. The maximum absolute atomic E-state index is 12.9. The first-order chi connectivity index (χ1) is 18.7. The van der Waals surface area contributed by atoms with E-state index in [1.54, 1.807) is 18.2 Å². The number of ether oxygens (including phenoxy) is 1. The Bertz CT molecular complexity index is 1360. The summed E-state index contributed by atoms with van der Waals surface area (Å²) in [4.78, 5) is 26.9. The quantitative estimate of drug-likeness (QED) is 0.366. The SMILES string of the molecule is COC(=O)c1cccc(-c2ccc(CNC(=O)C3CC3c3ccccc3)c3c2CCN(CCC(F)(F)F)C3)c1. The zero-order chi connectivity index (χ0) is 27.6. The second-order valence-electron chi connectivity index (χ2n) is 10.3. The van der Waals surface area contributed by atoms with Crippen molar-refractivity contribution in [3.63, 3.8) is 0 Å². The van der Waals surface area contributed by atoms with Crippen LogP contribution in [0.25, 0.3) is 11.1 Å². The number of rotatable bonds is 8. The van der Waals surface area contributed by atoms with Gasteiger partial charge in [-0.05, 0) is 64.3 Å². The Labute approximate surface area is 226 Å². The number of hydrogen-bond donors (Lipinski definition) is 1. The molecule has 3 aromatic carbocycles. The van der Waals surface area contributed by atoms with Crippen LogP contribution in [0.5, 0.6) is 0 Å². The van der Waals surface area contributed by atoms with Gasteiger partial charge < -0.3 is 10.1 Å². The van der Waals surface area contributed by atoms with Crippen LogP contribution in [-0.2, 0) is 29.0 Å². The van der Waals surface area contributed by atoms with Crippen LogP contribution >= 0.6 is 0 Å². The summed E-state index contributed by atoms with van der Waals surface area (Å²) in [6.07, 6.45) is -3.69. The van der Waals surface area contributed by atoms with Crippen LogP contribution in [0.15, 0.2) is 66.7 Å². The average molecular weight is 537 g/mol. The average Bonchev–Trinajstić information content (AvgIpc) is 3.75. The Morgan fingerprint density at radius 2 is 1.82 bits per heavy atom. The van der Waals surface area contributed by atoms with E-state index in [9.17, 15) is 22.8 Å². The lowest BCUT2D eigenvalue weighted by molar-refractivity contribution is -0.138. The molecular weight excluding hydrogens is 505 g/mol. The van der Waals surface area contributed by atoms with Crippen LogP contribution in [0.1, 0.15) is 51.4 Å². The summed E-state index contributed by atoms with van der Waals surface area (Å²) in [6, 6.07) is 21.1. The van der Waals surface area contributed by atoms with Gasteiger partial charge in [-0.25, -0.2) is 4.79 Å². The number of nitrogens with one attached hydrogen (secondary N) is 1.